The van der Waals surface area contributed by atoms with E-state index >= 15 is 0 Å². The first-order valence-corrected chi connectivity index (χ1v) is 5.62. The second-order valence-corrected chi connectivity index (χ2v) is 4.04. The van der Waals surface area contributed by atoms with Gasteiger partial charge in [0.1, 0.15) is 5.82 Å². The third-order valence-electron chi connectivity index (χ3n) is 2.73. The lowest BCUT2D eigenvalue weighted by molar-refractivity contribution is -0.148. The molecule has 0 bridgehead atoms. The van der Waals surface area contributed by atoms with Gasteiger partial charge in [-0.15, -0.1) is 0 Å². The van der Waals surface area contributed by atoms with Crippen molar-refractivity contribution < 1.29 is 27.1 Å². The van der Waals surface area contributed by atoms with E-state index in [4.69, 9.17) is 0 Å². The zero-order valence-corrected chi connectivity index (χ0v) is 10.4. The number of halogens is 4. The molecule has 0 saturated carbocycles. The second-order valence-electron chi connectivity index (χ2n) is 4.04. The number of aryl methyl sites for hydroxylation is 1. The third kappa shape index (κ3) is 2.73. The van der Waals surface area contributed by atoms with Crippen LogP contribution in [0.2, 0.25) is 0 Å². The molecule has 0 spiro atoms. The molecule has 0 aliphatic carbocycles. The fraction of sp³-hybridized carbons (Fsp3) is 0.333. The molecule has 0 radical (unpaired) electrons. The normalized spacial score (nSPS) is 11.8. The Kier molecular flexibility index (Phi) is 3.65. The number of alkyl halides is 3. The number of ether oxygens (including phenoxy) is 1. The van der Waals surface area contributed by atoms with Crippen molar-refractivity contribution in [2.45, 2.75) is 19.1 Å². The molecule has 8 heteroatoms. The summed E-state index contributed by atoms with van der Waals surface area (Å²) in [5.74, 6) is -2.50. The van der Waals surface area contributed by atoms with Crippen LogP contribution in [-0.4, -0.2) is 22.6 Å². The minimum atomic E-state index is -4.69. The molecule has 2 aromatic rings. The number of esters is 1. The number of rotatable bonds is 3. The quantitative estimate of drug-likeness (QED) is 0.645. The maximum absolute atomic E-state index is 13.2. The Labute approximate surface area is 111 Å². The van der Waals surface area contributed by atoms with E-state index in [9.17, 15) is 22.4 Å². The Morgan fingerprint density at radius 3 is 2.70 bits per heavy atom. The van der Waals surface area contributed by atoms with Crippen LogP contribution in [-0.2, 0) is 22.3 Å². The van der Waals surface area contributed by atoms with Crippen LogP contribution in [0.15, 0.2) is 18.2 Å². The van der Waals surface area contributed by atoms with Crippen LogP contribution < -0.4 is 0 Å². The van der Waals surface area contributed by atoms with Crippen molar-refractivity contribution in [3.8, 4) is 0 Å². The average Bonchev–Trinajstić information content (AvgIpc) is 2.73. The van der Waals surface area contributed by atoms with Gasteiger partial charge in [-0.1, -0.05) is 0 Å². The molecular weight excluding hydrogens is 280 g/mol. The molecular formula is C12H10F4N2O2. The Balaban J connectivity index is 2.51. The number of imidazole rings is 1. The highest BCUT2D eigenvalue weighted by Gasteiger charge is 2.37. The van der Waals surface area contributed by atoms with E-state index in [2.05, 4.69) is 9.72 Å². The highest BCUT2D eigenvalue weighted by atomic mass is 19.4. The summed E-state index contributed by atoms with van der Waals surface area (Å²) < 4.78 is 57.0. The predicted molar refractivity (Wildman–Crippen MR) is 61.3 cm³/mol. The highest BCUT2D eigenvalue weighted by molar-refractivity contribution is 5.76. The molecule has 1 aromatic carbocycles. The fourth-order valence-electron chi connectivity index (χ4n) is 1.84. The zero-order valence-electron chi connectivity index (χ0n) is 10.4. The number of nitrogens with zero attached hydrogens (tertiary/aromatic N) is 2. The Morgan fingerprint density at radius 2 is 2.10 bits per heavy atom. The van der Waals surface area contributed by atoms with Crippen LogP contribution in [0.1, 0.15) is 12.2 Å². The topological polar surface area (TPSA) is 44.1 Å². The summed E-state index contributed by atoms with van der Waals surface area (Å²) in [7, 11) is 1.14. The minimum absolute atomic E-state index is 0.0128. The summed E-state index contributed by atoms with van der Waals surface area (Å²) in [5, 5.41) is 0. The molecule has 0 unspecified atom stereocenters. The standard InChI is InChI=1S/C12H10F4N2O2/c1-20-10(19)4-5-18-9-6-7(13)2-3-8(9)17-11(18)12(14,15)16/h2-3,6H,4-5H2,1H3. The Hall–Kier alpha value is -2.12. The lowest BCUT2D eigenvalue weighted by Crippen LogP contribution is -2.17. The molecule has 0 fully saturated rings. The van der Waals surface area contributed by atoms with E-state index in [0.29, 0.717) is 0 Å². The molecule has 0 N–H and O–H groups in total. The van der Waals surface area contributed by atoms with Crippen molar-refractivity contribution in [1.82, 2.24) is 9.55 Å². The van der Waals surface area contributed by atoms with E-state index in [1.54, 1.807) is 0 Å². The lowest BCUT2D eigenvalue weighted by atomic mass is 10.3. The van der Waals surface area contributed by atoms with Gasteiger partial charge in [0.05, 0.1) is 24.6 Å². The van der Waals surface area contributed by atoms with Crippen molar-refractivity contribution in [2.75, 3.05) is 7.11 Å². The molecule has 2 rings (SSSR count). The van der Waals surface area contributed by atoms with Crippen molar-refractivity contribution in [3.63, 3.8) is 0 Å². The van der Waals surface area contributed by atoms with Crippen molar-refractivity contribution in [2.24, 2.45) is 0 Å². The van der Waals surface area contributed by atoms with Gasteiger partial charge in [-0.2, -0.15) is 13.2 Å². The monoisotopic (exact) mass is 290 g/mol. The number of hydrogen-bond acceptors (Lipinski definition) is 3. The number of carbonyl (C=O) groups is 1. The zero-order chi connectivity index (χ0) is 14.9. The maximum Gasteiger partial charge on any atom is 0.449 e. The van der Waals surface area contributed by atoms with Crippen molar-refractivity contribution in [3.05, 3.63) is 29.8 Å². The smallest absolute Gasteiger partial charge is 0.449 e. The van der Waals surface area contributed by atoms with Gasteiger partial charge < -0.3 is 9.30 Å². The van der Waals surface area contributed by atoms with Crippen LogP contribution >= 0.6 is 0 Å². The molecule has 0 aliphatic rings. The number of methoxy groups -OCH3 is 1. The third-order valence-corrected chi connectivity index (χ3v) is 2.73. The van der Waals surface area contributed by atoms with Gasteiger partial charge in [-0.25, -0.2) is 9.37 Å². The largest absolute Gasteiger partial charge is 0.469 e. The van der Waals surface area contributed by atoms with E-state index < -0.39 is 23.8 Å². The molecule has 20 heavy (non-hydrogen) atoms. The first-order valence-electron chi connectivity index (χ1n) is 5.62. The molecule has 0 atom stereocenters. The van der Waals surface area contributed by atoms with Gasteiger partial charge in [-0.05, 0) is 18.2 Å². The first-order chi connectivity index (χ1) is 9.32. The predicted octanol–water partition coefficient (Wildman–Crippen LogP) is 2.76. The fourth-order valence-corrected chi connectivity index (χ4v) is 1.84. The van der Waals surface area contributed by atoms with Gasteiger partial charge >= 0.3 is 12.1 Å². The van der Waals surface area contributed by atoms with Gasteiger partial charge in [0.25, 0.3) is 0 Å². The number of fused-ring (bicyclic) bond motifs is 1. The van der Waals surface area contributed by atoms with Crippen LogP contribution in [0.3, 0.4) is 0 Å². The van der Waals surface area contributed by atoms with Gasteiger partial charge in [-0.3, -0.25) is 4.79 Å². The van der Waals surface area contributed by atoms with Gasteiger partial charge in [0.15, 0.2) is 0 Å². The summed E-state index contributed by atoms with van der Waals surface area (Å²) in [6.07, 6.45) is -4.95. The summed E-state index contributed by atoms with van der Waals surface area (Å²) >= 11 is 0. The maximum atomic E-state index is 13.2. The summed E-state index contributed by atoms with van der Waals surface area (Å²) in [5.41, 5.74) is 0.00446. The number of carbonyl (C=O) groups excluding carboxylic acids is 1. The van der Waals surface area contributed by atoms with E-state index in [1.165, 1.54) is 0 Å². The highest BCUT2D eigenvalue weighted by Crippen LogP contribution is 2.31. The van der Waals surface area contributed by atoms with Crippen LogP contribution in [0, 0.1) is 5.82 Å². The van der Waals surface area contributed by atoms with Crippen LogP contribution in [0.25, 0.3) is 11.0 Å². The van der Waals surface area contributed by atoms with E-state index in [0.717, 1.165) is 29.9 Å². The van der Waals surface area contributed by atoms with Crippen molar-refractivity contribution in [1.29, 1.82) is 0 Å². The molecule has 4 nitrogen and oxygen atoms in total. The Bertz CT molecular complexity index is 649. The van der Waals surface area contributed by atoms with E-state index in [-0.39, 0.29) is 24.0 Å². The molecule has 1 heterocycles. The van der Waals surface area contributed by atoms with Crippen LogP contribution in [0.4, 0.5) is 17.6 Å². The molecule has 108 valence electrons. The summed E-state index contributed by atoms with van der Waals surface area (Å²) in [6.45, 7) is -0.290. The molecule has 0 amide bonds. The van der Waals surface area contributed by atoms with Gasteiger partial charge in [0, 0.05) is 6.54 Å². The molecule has 0 aliphatic heterocycles. The summed E-state index contributed by atoms with van der Waals surface area (Å²) in [4.78, 5) is 14.5. The molecule has 1 aromatic heterocycles. The van der Waals surface area contributed by atoms with Gasteiger partial charge in [0.2, 0.25) is 5.82 Å². The molecule has 0 saturated heterocycles. The van der Waals surface area contributed by atoms with Crippen LogP contribution in [0.5, 0.6) is 0 Å². The lowest BCUT2D eigenvalue weighted by Gasteiger charge is -2.10. The number of aromatic nitrogens is 2. The van der Waals surface area contributed by atoms with E-state index in [1.807, 2.05) is 0 Å². The summed E-state index contributed by atoms with van der Waals surface area (Å²) in [6, 6.07) is 3.14. The SMILES string of the molecule is COC(=O)CCn1c(C(F)(F)F)nc2ccc(F)cc21. The second kappa shape index (κ2) is 5.10. The Morgan fingerprint density at radius 1 is 1.40 bits per heavy atom. The minimum Gasteiger partial charge on any atom is -0.469 e. The number of benzene rings is 1. The number of hydrogen-bond donors (Lipinski definition) is 0. The average molecular weight is 290 g/mol. The van der Waals surface area contributed by atoms with Crippen molar-refractivity contribution >= 4 is 17.0 Å². The first kappa shape index (κ1) is 14.3.